The van der Waals surface area contributed by atoms with Crippen molar-refractivity contribution in [3.63, 3.8) is 0 Å². The number of hydrogen-bond donors (Lipinski definition) is 1. The molecule has 1 amide bonds. The molecule has 0 saturated carbocycles. The van der Waals surface area contributed by atoms with Crippen molar-refractivity contribution in [3.8, 4) is 10.7 Å². The van der Waals surface area contributed by atoms with Crippen LogP contribution in [0.5, 0.6) is 0 Å². The topological polar surface area (TPSA) is 68.0 Å². The van der Waals surface area contributed by atoms with Gasteiger partial charge in [0.1, 0.15) is 5.82 Å². The standard InChI is InChI=1S/C17H16FN3O2S/c1-11-10-12(18)7-8-13(11)19-15(22)5-2-6-16-20-17(21-23-16)14-4-3-9-24-14/h3-4,7-10H,2,5-6H2,1H3,(H,19,22). The Morgan fingerprint density at radius 1 is 1.38 bits per heavy atom. The molecule has 1 N–H and O–H groups in total. The molecule has 2 aromatic heterocycles. The van der Waals surface area contributed by atoms with Crippen LogP contribution in [0.1, 0.15) is 24.3 Å². The molecule has 0 radical (unpaired) electrons. The summed E-state index contributed by atoms with van der Waals surface area (Å²) in [6, 6.07) is 8.14. The van der Waals surface area contributed by atoms with Crippen LogP contribution < -0.4 is 5.32 Å². The number of thiophene rings is 1. The monoisotopic (exact) mass is 345 g/mol. The lowest BCUT2D eigenvalue weighted by Crippen LogP contribution is -2.12. The lowest BCUT2D eigenvalue weighted by molar-refractivity contribution is -0.116. The molecule has 0 spiro atoms. The molecule has 1 aromatic carbocycles. The largest absolute Gasteiger partial charge is 0.339 e. The highest BCUT2D eigenvalue weighted by Crippen LogP contribution is 2.21. The zero-order valence-electron chi connectivity index (χ0n) is 13.1. The summed E-state index contributed by atoms with van der Waals surface area (Å²) in [4.78, 5) is 17.2. The molecule has 0 saturated heterocycles. The lowest BCUT2D eigenvalue weighted by Gasteiger charge is -2.07. The minimum atomic E-state index is -0.316. The van der Waals surface area contributed by atoms with Gasteiger partial charge in [0.05, 0.1) is 4.88 Å². The predicted octanol–water partition coefficient (Wildman–Crippen LogP) is 4.21. The average Bonchev–Trinajstić information content (AvgIpc) is 3.21. The Balaban J connectivity index is 1.48. The molecule has 0 aliphatic rings. The van der Waals surface area contributed by atoms with Gasteiger partial charge in [-0.15, -0.1) is 11.3 Å². The van der Waals surface area contributed by atoms with E-state index >= 15 is 0 Å². The van der Waals surface area contributed by atoms with Crippen LogP contribution in [0, 0.1) is 12.7 Å². The lowest BCUT2D eigenvalue weighted by atomic mass is 10.2. The number of aromatic nitrogens is 2. The number of carbonyl (C=O) groups excluding carboxylic acids is 1. The molecule has 7 heteroatoms. The number of halogens is 1. The van der Waals surface area contributed by atoms with Gasteiger partial charge in [-0.25, -0.2) is 4.39 Å². The fourth-order valence-corrected chi connectivity index (χ4v) is 2.89. The first-order valence-electron chi connectivity index (χ1n) is 7.54. The van der Waals surface area contributed by atoms with E-state index in [4.69, 9.17) is 4.52 Å². The van der Waals surface area contributed by atoms with E-state index in [1.807, 2.05) is 17.5 Å². The number of benzene rings is 1. The molecule has 3 rings (SSSR count). The number of hydrogen-bond acceptors (Lipinski definition) is 5. The summed E-state index contributed by atoms with van der Waals surface area (Å²) in [7, 11) is 0. The Labute approximate surface area is 142 Å². The van der Waals surface area contributed by atoms with Crippen molar-refractivity contribution >= 4 is 22.9 Å². The molecule has 24 heavy (non-hydrogen) atoms. The van der Waals surface area contributed by atoms with E-state index < -0.39 is 0 Å². The van der Waals surface area contributed by atoms with Gasteiger partial charge in [0.25, 0.3) is 0 Å². The minimum absolute atomic E-state index is 0.122. The second-order valence-electron chi connectivity index (χ2n) is 5.35. The first kappa shape index (κ1) is 16.3. The van der Waals surface area contributed by atoms with Gasteiger partial charge in [-0.3, -0.25) is 4.79 Å². The number of aryl methyl sites for hydroxylation is 2. The van der Waals surface area contributed by atoms with Crippen LogP contribution >= 0.6 is 11.3 Å². The minimum Gasteiger partial charge on any atom is -0.339 e. The molecule has 0 bridgehead atoms. The molecule has 0 atom stereocenters. The SMILES string of the molecule is Cc1cc(F)ccc1NC(=O)CCCc1nc(-c2cccs2)no1. The van der Waals surface area contributed by atoms with Crippen LogP contribution in [-0.4, -0.2) is 16.0 Å². The van der Waals surface area contributed by atoms with Crippen molar-refractivity contribution in [1.29, 1.82) is 0 Å². The van der Waals surface area contributed by atoms with Crippen LogP contribution in [0.15, 0.2) is 40.2 Å². The summed E-state index contributed by atoms with van der Waals surface area (Å²) in [6.07, 6.45) is 1.46. The van der Waals surface area contributed by atoms with Crippen LogP contribution in [0.2, 0.25) is 0 Å². The molecule has 0 aliphatic carbocycles. The van der Waals surface area contributed by atoms with Crippen LogP contribution in [0.3, 0.4) is 0 Å². The first-order chi connectivity index (χ1) is 11.6. The van der Waals surface area contributed by atoms with E-state index in [0.29, 0.717) is 42.2 Å². The summed E-state index contributed by atoms with van der Waals surface area (Å²) >= 11 is 1.55. The van der Waals surface area contributed by atoms with Gasteiger partial charge in [0.2, 0.25) is 17.6 Å². The molecule has 124 valence electrons. The summed E-state index contributed by atoms with van der Waals surface area (Å²) in [5, 5.41) is 8.66. The molecule has 2 heterocycles. The maximum Gasteiger partial charge on any atom is 0.226 e. The Morgan fingerprint density at radius 3 is 3.00 bits per heavy atom. The number of anilines is 1. The maximum absolute atomic E-state index is 13.0. The van der Waals surface area contributed by atoms with Crippen molar-refractivity contribution in [2.45, 2.75) is 26.2 Å². The van der Waals surface area contributed by atoms with Crippen molar-refractivity contribution in [2.24, 2.45) is 0 Å². The number of nitrogens with one attached hydrogen (secondary N) is 1. The Morgan fingerprint density at radius 2 is 2.25 bits per heavy atom. The molecular formula is C17H16FN3O2S. The number of carbonyl (C=O) groups is 1. The maximum atomic E-state index is 13.0. The Hall–Kier alpha value is -2.54. The molecule has 0 unspecified atom stereocenters. The Bertz CT molecular complexity index is 830. The van der Waals surface area contributed by atoms with Crippen molar-refractivity contribution in [3.05, 3.63) is 53.0 Å². The average molecular weight is 345 g/mol. The van der Waals surface area contributed by atoms with E-state index in [2.05, 4.69) is 15.5 Å². The van der Waals surface area contributed by atoms with Gasteiger partial charge >= 0.3 is 0 Å². The number of amides is 1. The highest BCUT2D eigenvalue weighted by atomic mass is 32.1. The van der Waals surface area contributed by atoms with Gasteiger partial charge in [0, 0.05) is 18.5 Å². The molecule has 3 aromatic rings. The first-order valence-corrected chi connectivity index (χ1v) is 8.42. The highest BCUT2D eigenvalue weighted by Gasteiger charge is 2.11. The summed E-state index contributed by atoms with van der Waals surface area (Å²) in [5.74, 6) is 0.654. The van der Waals surface area contributed by atoms with E-state index in [0.717, 1.165) is 4.88 Å². The fourth-order valence-electron chi connectivity index (χ4n) is 2.24. The molecule has 5 nitrogen and oxygen atoms in total. The van der Waals surface area contributed by atoms with E-state index in [9.17, 15) is 9.18 Å². The van der Waals surface area contributed by atoms with E-state index in [-0.39, 0.29) is 11.7 Å². The van der Waals surface area contributed by atoms with Crippen LogP contribution in [0.25, 0.3) is 10.7 Å². The third kappa shape index (κ3) is 4.05. The Kier molecular flexibility index (Phi) is 5.00. The quantitative estimate of drug-likeness (QED) is 0.727. The normalized spacial score (nSPS) is 10.8. The fraction of sp³-hybridized carbons (Fsp3) is 0.235. The second-order valence-corrected chi connectivity index (χ2v) is 6.30. The van der Waals surface area contributed by atoms with Gasteiger partial charge in [-0.2, -0.15) is 4.98 Å². The molecule has 0 aliphatic heterocycles. The van der Waals surface area contributed by atoms with E-state index in [1.54, 1.807) is 24.3 Å². The van der Waals surface area contributed by atoms with Gasteiger partial charge in [0.15, 0.2) is 0 Å². The molecular weight excluding hydrogens is 329 g/mol. The summed E-state index contributed by atoms with van der Waals surface area (Å²) in [5.41, 5.74) is 1.32. The highest BCUT2D eigenvalue weighted by molar-refractivity contribution is 7.13. The predicted molar refractivity (Wildman–Crippen MR) is 90.3 cm³/mol. The third-order valence-electron chi connectivity index (χ3n) is 3.47. The summed E-state index contributed by atoms with van der Waals surface area (Å²) in [6.45, 7) is 1.75. The zero-order valence-corrected chi connectivity index (χ0v) is 13.9. The van der Waals surface area contributed by atoms with Crippen molar-refractivity contribution in [2.75, 3.05) is 5.32 Å². The van der Waals surface area contributed by atoms with Crippen LogP contribution in [0.4, 0.5) is 10.1 Å². The smallest absolute Gasteiger partial charge is 0.226 e. The van der Waals surface area contributed by atoms with Crippen molar-refractivity contribution < 1.29 is 13.7 Å². The van der Waals surface area contributed by atoms with Crippen molar-refractivity contribution in [1.82, 2.24) is 10.1 Å². The summed E-state index contributed by atoms with van der Waals surface area (Å²) < 4.78 is 18.2. The zero-order chi connectivity index (χ0) is 16.9. The third-order valence-corrected chi connectivity index (χ3v) is 4.33. The van der Waals surface area contributed by atoms with Gasteiger partial charge in [-0.1, -0.05) is 11.2 Å². The van der Waals surface area contributed by atoms with Gasteiger partial charge < -0.3 is 9.84 Å². The van der Waals surface area contributed by atoms with Gasteiger partial charge in [-0.05, 0) is 48.6 Å². The molecule has 0 fully saturated rings. The van der Waals surface area contributed by atoms with Crippen LogP contribution in [-0.2, 0) is 11.2 Å². The second kappa shape index (κ2) is 7.35. The number of rotatable bonds is 6. The number of nitrogens with zero attached hydrogens (tertiary/aromatic N) is 2. The van der Waals surface area contributed by atoms with E-state index in [1.165, 1.54) is 12.1 Å².